The third kappa shape index (κ3) is 4.83. The molecular formula is C16H23BrFNO. The van der Waals surface area contributed by atoms with E-state index in [9.17, 15) is 4.39 Å². The van der Waals surface area contributed by atoms with Gasteiger partial charge >= 0.3 is 0 Å². The van der Waals surface area contributed by atoms with Crippen LogP contribution in [0.2, 0.25) is 0 Å². The van der Waals surface area contributed by atoms with E-state index in [1.54, 1.807) is 0 Å². The summed E-state index contributed by atoms with van der Waals surface area (Å²) in [7, 11) is 0. The molecule has 0 aliphatic heterocycles. The SMILES string of the molecule is CC(NCCOC1CCCCC1)c1ccc(Br)cc1F. The average Bonchev–Trinajstić information content (AvgIpc) is 2.44. The molecule has 0 radical (unpaired) electrons. The van der Waals surface area contributed by atoms with Crippen molar-refractivity contribution in [3.05, 3.63) is 34.1 Å². The van der Waals surface area contributed by atoms with Gasteiger partial charge in [-0.1, -0.05) is 41.3 Å². The lowest BCUT2D eigenvalue weighted by Crippen LogP contribution is -2.27. The van der Waals surface area contributed by atoms with Crippen molar-refractivity contribution < 1.29 is 9.13 Å². The zero-order chi connectivity index (χ0) is 14.4. The number of rotatable bonds is 6. The Kier molecular flexibility index (Phi) is 6.46. The Balaban J connectivity index is 1.70. The molecule has 2 nitrogen and oxygen atoms in total. The van der Waals surface area contributed by atoms with Crippen LogP contribution >= 0.6 is 15.9 Å². The van der Waals surface area contributed by atoms with Gasteiger partial charge in [0.05, 0.1) is 12.7 Å². The number of benzene rings is 1. The Morgan fingerprint density at radius 3 is 2.80 bits per heavy atom. The van der Waals surface area contributed by atoms with Crippen molar-refractivity contribution in [1.29, 1.82) is 0 Å². The van der Waals surface area contributed by atoms with E-state index in [4.69, 9.17) is 4.74 Å². The second-order valence-corrected chi connectivity index (χ2v) is 6.39. The van der Waals surface area contributed by atoms with Crippen LogP contribution in [0.15, 0.2) is 22.7 Å². The minimum atomic E-state index is -0.174. The van der Waals surface area contributed by atoms with Gasteiger partial charge in [-0.2, -0.15) is 0 Å². The first-order valence-electron chi connectivity index (χ1n) is 7.47. The van der Waals surface area contributed by atoms with Gasteiger partial charge in [-0.3, -0.25) is 0 Å². The maximum atomic E-state index is 13.8. The molecule has 2 rings (SSSR count). The number of hydrogen-bond donors (Lipinski definition) is 1. The van der Waals surface area contributed by atoms with Gasteiger partial charge in [0.15, 0.2) is 0 Å². The summed E-state index contributed by atoms with van der Waals surface area (Å²) in [5.41, 5.74) is 0.700. The van der Waals surface area contributed by atoms with Gasteiger partial charge < -0.3 is 10.1 Å². The van der Waals surface area contributed by atoms with Crippen LogP contribution in [0.4, 0.5) is 4.39 Å². The van der Waals surface area contributed by atoms with Crippen LogP contribution in [0, 0.1) is 5.82 Å². The van der Waals surface area contributed by atoms with Crippen LogP contribution in [-0.4, -0.2) is 19.3 Å². The topological polar surface area (TPSA) is 21.3 Å². The Labute approximate surface area is 129 Å². The first kappa shape index (κ1) is 15.9. The van der Waals surface area contributed by atoms with Gasteiger partial charge in [0.1, 0.15) is 5.82 Å². The first-order valence-corrected chi connectivity index (χ1v) is 8.26. The van der Waals surface area contributed by atoms with Crippen LogP contribution in [0.3, 0.4) is 0 Å². The highest BCUT2D eigenvalue weighted by atomic mass is 79.9. The quantitative estimate of drug-likeness (QED) is 0.762. The predicted molar refractivity (Wildman–Crippen MR) is 83.3 cm³/mol. The largest absolute Gasteiger partial charge is 0.377 e. The van der Waals surface area contributed by atoms with Crippen molar-refractivity contribution in [3.8, 4) is 0 Å². The van der Waals surface area contributed by atoms with Crippen molar-refractivity contribution in [2.24, 2.45) is 0 Å². The summed E-state index contributed by atoms with van der Waals surface area (Å²) in [6.07, 6.45) is 6.74. The summed E-state index contributed by atoms with van der Waals surface area (Å²) in [4.78, 5) is 0. The summed E-state index contributed by atoms with van der Waals surface area (Å²) >= 11 is 3.27. The van der Waals surface area contributed by atoms with Gasteiger partial charge in [0, 0.05) is 22.6 Å². The monoisotopic (exact) mass is 343 g/mol. The highest BCUT2D eigenvalue weighted by Gasteiger charge is 2.14. The molecule has 1 atom stereocenters. The molecule has 1 aromatic rings. The highest BCUT2D eigenvalue weighted by Crippen LogP contribution is 2.21. The zero-order valence-corrected chi connectivity index (χ0v) is 13.6. The summed E-state index contributed by atoms with van der Waals surface area (Å²) in [6.45, 7) is 3.44. The van der Waals surface area contributed by atoms with E-state index in [2.05, 4.69) is 21.2 Å². The molecule has 1 aliphatic rings. The van der Waals surface area contributed by atoms with Crippen LogP contribution in [-0.2, 0) is 4.74 Å². The van der Waals surface area contributed by atoms with Gasteiger partial charge in [-0.15, -0.1) is 0 Å². The molecule has 0 saturated heterocycles. The van der Waals surface area contributed by atoms with Crippen molar-refractivity contribution >= 4 is 15.9 Å². The minimum absolute atomic E-state index is 0.00180. The number of nitrogens with one attached hydrogen (secondary N) is 1. The molecule has 0 heterocycles. The smallest absolute Gasteiger partial charge is 0.129 e. The second kappa shape index (κ2) is 8.11. The van der Waals surface area contributed by atoms with Crippen molar-refractivity contribution in [3.63, 3.8) is 0 Å². The maximum Gasteiger partial charge on any atom is 0.129 e. The van der Waals surface area contributed by atoms with E-state index in [1.807, 2.05) is 19.1 Å². The molecule has 20 heavy (non-hydrogen) atoms. The molecule has 1 aromatic carbocycles. The van der Waals surface area contributed by atoms with E-state index >= 15 is 0 Å². The van der Waals surface area contributed by atoms with Gasteiger partial charge in [0.25, 0.3) is 0 Å². The van der Waals surface area contributed by atoms with Gasteiger partial charge in [-0.25, -0.2) is 4.39 Å². The normalized spacial score (nSPS) is 18.1. The number of hydrogen-bond acceptors (Lipinski definition) is 2. The second-order valence-electron chi connectivity index (χ2n) is 5.47. The maximum absolute atomic E-state index is 13.8. The third-order valence-corrected chi connectivity index (χ3v) is 4.38. The Morgan fingerprint density at radius 2 is 2.10 bits per heavy atom. The molecule has 4 heteroatoms. The van der Waals surface area contributed by atoms with Crippen LogP contribution in [0.25, 0.3) is 0 Å². The Morgan fingerprint density at radius 1 is 1.35 bits per heavy atom. The van der Waals surface area contributed by atoms with E-state index in [0.29, 0.717) is 18.3 Å². The Hall–Kier alpha value is -0.450. The van der Waals surface area contributed by atoms with Crippen molar-refractivity contribution in [2.75, 3.05) is 13.2 Å². The minimum Gasteiger partial charge on any atom is -0.377 e. The summed E-state index contributed by atoms with van der Waals surface area (Å²) in [5, 5.41) is 3.32. The summed E-state index contributed by atoms with van der Waals surface area (Å²) < 4.78 is 20.4. The molecule has 1 N–H and O–H groups in total. The molecule has 0 amide bonds. The van der Waals surface area contributed by atoms with Crippen LogP contribution < -0.4 is 5.32 Å². The fraction of sp³-hybridized carbons (Fsp3) is 0.625. The van der Waals surface area contributed by atoms with E-state index < -0.39 is 0 Å². The fourth-order valence-corrected chi connectivity index (χ4v) is 3.03. The fourth-order valence-electron chi connectivity index (χ4n) is 2.70. The van der Waals surface area contributed by atoms with Crippen LogP contribution in [0.1, 0.15) is 50.6 Å². The molecule has 0 bridgehead atoms. The molecule has 0 aromatic heterocycles. The van der Waals surface area contributed by atoms with Crippen molar-refractivity contribution in [2.45, 2.75) is 51.2 Å². The molecule has 1 saturated carbocycles. The van der Waals surface area contributed by atoms with E-state index in [-0.39, 0.29) is 11.9 Å². The third-order valence-electron chi connectivity index (χ3n) is 3.89. The lowest BCUT2D eigenvalue weighted by molar-refractivity contribution is 0.0295. The zero-order valence-electron chi connectivity index (χ0n) is 12.0. The number of ether oxygens (including phenoxy) is 1. The molecule has 1 fully saturated rings. The van der Waals surface area contributed by atoms with Gasteiger partial charge in [-0.05, 0) is 31.9 Å². The molecular weight excluding hydrogens is 321 g/mol. The lowest BCUT2D eigenvalue weighted by atomic mass is 9.98. The Bertz CT molecular complexity index is 421. The van der Waals surface area contributed by atoms with E-state index in [1.165, 1.54) is 38.2 Å². The summed E-state index contributed by atoms with van der Waals surface area (Å²) in [5.74, 6) is -0.174. The average molecular weight is 344 g/mol. The molecule has 112 valence electrons. The standard InChI is InChI=1S/C16H23BrFNO/c1-12(15-8-7-13(17)11-16(15)18)19-9-10-20-14-5-3-2-4-6-14/h7-8,11-12,14,19H,2-6,9-10H2,1H3. The molecule has 1 aliphatic carbocycles. The number of halogens is 2. The van der Waals surface area contributed by atoms with Crippen LogP contribution in [0.5, 0.6) is 0 Å². The lowest BCUT2D eigenvalue weighted by Gasteiger charge is -2.22. The molecule has 0 spiro atoms. The molecule has 1 unspecified atom stereocenters. The van der Waals surface area contributed by atoms with E-state index in [0.717, 1.165) is 11.0 Å². The first-order chi connectivity index (χ1) is 9.66. The van der Waals surface area contributed by atoms with Gasteiger partial charge in [0.2, 0.25) is 0 Å². The summed E-state index contributed by atoms with van der Waals surface area (Å²) in [6, 6.07) is 5.19. The predicted octanol–water partition coefficient (Wildman–Crippen LogP) is 4.59. The highest BCUT2D eigenvalue weighted by molar-refractivity contribution is 9.10. The van der Waals surface area contributed by atoms with Crippen molar-refractivity contribution in [1.82, 2.24) is 5.32 Å².